The van der Waals surface area contributed by atoms with Crippen LogP contribution in [0.15, 0.2) is 36.4 Å². The SMILES string of the molecule is COc1cc(CNC(=O)CC2CCN(C(=O)Nc3cccc(Cl)c3)CC2)cc(OC)c1OC. The highest BCUT2D eigenvalue weighted by Crippen LogP contribution is 2.38. The third-order valence-corrected chi connectivity index (χ3v) is 5.90. The van der Waals surface area contributed by atoms with Crippen LogP contribution in [0, 0.1) is 5.92 Å². The van der Waals surface area contributed by atoms with Crippen molar-refractivity contribution < 1.29 is 23.8 Å². The van der Waals surface area contributed by atoms with Gasteiger partial charge in [0.15, 0.2) is 11.5 Å². The Balaban J connectivity index is 1.45. The molecule has 33 heavy (non-hydrogen) atoms. The van der Waals surface area contributed by atoms with Crippen LogP contribution in [0.25, 0.3) is 0 Å². The van der Waals surface area contributed by atoms with Crippen LogP contribution in [0.2, 0.25) is 5.02 Å². The van der Waals surface area contributed by atoms with E-state index in [0.29, 0.717) is 54.0 Å². The Hall–Kier alpha value is -3.13. The second kappa shape index (κ2) is 11.7. The lowest BCUT2D eigenvalue weighted by atomic mass is 9.93. The number of anilines is 1. The minimum absolute atomic E-state index is 0.0226. The monoisotopic (exact) mass is 475 g/mol. The van der Waals surface area contributed by atoms with Crippen LogP contribution in [0.4, 0.5) is 10.5 Å². The van der Waals surface area contributed by atoms with Crippen LogP contribution in [0.1, 0.15) is 24.8 Å². The van der Waals surface area contributed by atoms with Crippen molar-refractivity contribution in [2.45, 2.75) is 25.8 Å². The molecule has 0 atom stereocenters. The van der Waals surface area contributed by atoms with Crippen LogP contribution >= 0.6 is 11.6 Å². The molecule has 0 unspecified atom stereocenters. The second-order valence-electron chi connectivity index (χ2n) is 7.89. The molecule has 9 heteroatoms. The molecule has 178 valence electrons. The van der Waals surface area contributed by atoms with Crippen LogP contribution in [-0.2, 0) is 11.3 Å². The zero-order chi connectivity index (χ0) is 23.8. The zero-order valence-electron chi connectivity index (χ0n) is 19.2. The molecular weight excluding hydrogens is 446 g/mol. The van der Waals surface area contributed by atoms with Gasteiger partial charge in [-0.25, -0.2) is 4.79 Å². The summed E-state index contributed by atoms with van der Waals surface area (Å²) in [5.41, 5.74) is 1.52. The molecule has 3 amide bonds. The molecule has 1 saturated heterocycles. The van der Waals surface area contributed by atoms with Crippen molar-refractivity contribution in [1.82, 2.24) is 10.2 Å². The highest BCUT2D eigenvalue weighted by Gasteiger charge is 2.24. The average molecular weight is 476 g/mol. The lowest BCUT2D eigenvalue weighted by molar-refractivity contribution is -0.122. The van der Waals surface area contributed by atoms with Crippen molar-refractivity contribution in [2.24, 2.45) is 5.92 Å². The number of piperidine rings is 1. The van der Waals surface area contributed by atoms with E-state index in [9.17, 15) is 9.59 Å². The maximum absolute atomic E-state index is 12.5. The van der Waals surface area contributed by atoms with Crippen molar-refractivity contribution in [3.05, 3.63) is 47.0 Å². The summed E-state index contributed by atoms with van der Waals surface area (Å²) in [4.78, 5) is 26.8. The van der Waals surface area contributed by atoms with Gasteiger partial charge in [-0.15, -0.1) is 0 Å². The van der Waals surface area contributed by atoms with Crippen LogP contribution < -0.4 is 24.8 Å². The largest absolute Gasteiger partial charge is 0.493 e. The number of ether oxygens (including phenoxy) is 3. The van der Waals surface area contributed by atoms with E-state index in [1.165, 1.54) is 0 Å². The second-order valence-corrected chi connectivity index (χ2v) is 8.32. The molecule has 2 aromatic carbocycles. The molecule has 0 spiro atoms. The fourth-order valence-corrected chi connectivity index (χ4v) is 4.07. The number of likely N-dealkylation sites (tertiary alicyclic amines) is 1. The molecule has 0 aliphatic carbocycles. The number of nitrogens with one attached hydrogen (secondary N) is 2. The van der Waals surface area contributed by atoms with Gasteiger partial charge >= 0.3 is 6.03 Å². The molecule has 0 bridgehead atoms. The van der Waals surface area contributed by atoms with Crippen molar-refractivity contribution in [3.63, 3.8) is 0 Å². The number of halogens is 1. The first-order chi connectivity index (χ1) is 15.9. The Morgan fingerprint density at radius 3 is 2.27 bits per heavy atom. The molecule has 0 saturated carbocycles. The number of methoxy groups -OCH3 is 3. The molecule has 2 aromatic rings. The molecule has 0 aromatic heterocycles. The number of hydrogen-bond acceptors (Lipinski definition) is 5. The minimum Gasteiger partial charge on any atom is -0.493 e. The number of carbonyl (C=O) groups is 2. The topological polar surface area (TPSA) is 89.1 Å². The fraction of sp³-hybridized carbons (Fsp3) is 0.417. The van der Waals surface area contributed by atoms with E-state index in [1.54, 1.807) is 50.5 Å². The van der Waals surface area contributed by atoms with E-state index in [2.05, 4.69) is 10.6 Å². The Morgan fingerprint density at radius 2 is 1.70 bits per heavy atom. The lowest BCUT2D eigenvalue weighted by Crippen LogP contribution is -2.41. The number of rotatable bonds is 8. The standard InChI is InChI=1S/C24H30ClN3O5/c1-31-20-11-17(12-21(32-2)23(20)33-3)15-26-22(29)13-16-7-9-28(10-8-16)24(30)27-19-6-4-5-18(25)14-19/h4-6,11-12,14,16H,7-10,13,15H2,1-3H3,(H,26,29)(H,27,30). The first-order valence-electron chi connectivity index (χ1n) is 10.8. The van der Waals surface area contributed by atoms with Crippen LogP contribution in [0.3, 0.4) is 0 Å². The van der Waals surface area contributed by atoms with Crippen molar-refractivity contribution >= 4 is 29.2 Å². The zero-order valence-corrected chi connectivity index (χ0v) is 19.9. The Morgan fingerprint density at radius 1 is 1.03 bits per heavy atom. The Labute approximate surface area is 199 Å². The third-order valence-electron chi connectivity index (χ3n) is 5.67. The maximum Gasteiger partial charge on any atom is 0.321 e. The number of hydrogen-bond donors (Lipinski definition) is 2. The number of benzene rings is 2. The molecule has 8 nitrogen and oxygen atoms in total. The average Bonchev–Trinajstić information content (AvgIpc) is 2.82. The minimum atomic E-state index is -0.150. The molecule has 2 N–H and O–H groups in total. The van der Waals surface area contributed by atoms with Crippen molar-refractivity contribution in [3.8, 4) is 17.2 Å². The molecule has 1 heterocycles. The predicted octanol–water partition coefficient (Wildman–Crippen LogP) is 4.32. The summed E-state index contributed by atoms with van der Waals surface area (Å²) in [6.45, 7) is 1.57. The normalized spacial score (nSPS) is 13.9. The van der Waals surface area contributed by atoms with Gasteiger partial charge in [-0.1, -0.05) is 17.7 Å². The van der Waals surface area contributed by atoms with E-state index >= 15 is 0 Å². The smallest absolute Gasteiger partial charge is 0.321 e. The van der Waals surface area contributed by atoms with Gasteiger partial charge in [0.2, 0.25) is 11.7 Å². The lowest BCUT2D eigenvalue weighted by Gasteiger charge is -2.31. The van der Waals surface area contributed by atoms with Crippen molar-refractivity contribution in [2.75, 3.05) is 39.7 Å². The molecule has 0 radical (unpaired) electrons. The summed E-state index contributed by atoms with van der Waals surface area (Å²) in [5, 5.41) is 6.40. The summed E-state index contributed by atoms with van der Waals surface area (Å²) >= 11 is 5.97. The highest BCUT2D eigenvalue weighted by atomic mass is 35.5. The van der Waals surface area contributed by atoms with E-state index < -0.39 is 0 Å². The first-order valence-corrected chi connectivity index (χ1v) is 11.2. The number of nitrogens with zero attached hydrogens (tertiary/aromatic N) is 1. The summed E-state index contributed by atoms with van der Waals surface area (Å²) < 4.78 is 16.0. The predicted molar refractivity (Wildman–Crippen MR) is 127 cm³/mol. The van der Waals surface area contributed by atoms with E-state index in [0.717, 1.165) is 18.4 Å². The summed E-state index contributed by atoms with van der Waals surface area (Å²) in [7, 11) is 4.66. The first kappa shape index (κ1) is 24.5. The van der Waals surface area contributed by atoms with Gasteiger partial charge < -0.3 is 29.7 Å². The number of carbonyl (C=O) groups excluding carboxylic acids is 2. The van der Waals surface area contributed by atoms with Gasteiger partial charge in [-0.05, 0) is 54.7 Å². The van der Waals surface area contributed by atoms with Gasteiger partial charge in [0, 0.05) is 36.8 Å². The van der Waals surface area contributed by atoms with E-state index in [-0.39, 0.29) is 17.9 Å². The molecule has 1 aliphatic rings. The van der Waals surface area contributed by atoms with Crippen LogP contribution in [0.5, 0.6) is 17.2 Å². The van der Waals surface area contributed by atoms with Crippen LogP contribution in [-0.4, -0.2) is 51.3 Å². The van der Waals surface area contributed by atoms with Gasteiger partial charge in [-0.3, -0.25) is 4.79 Å². The highest BCUT2D eigenvalue weighted by molar-refractivity contribution is 6.30. The Kier molecular flexibility index (Phi) is 8.65. The van der Waals surface area contributed by atoms with Crippen molar-refractivity contribution in [1.29, 1.82) is 0 Å². The summed E-state index contributed by atoms with van der Waals surface area (Å²) in [6, 6.07) is 10.6. The fourth-order valence-electron chi connectivity index (χ4n) is 3.88. The van der Waals surface area contributed by atoms with Gasteiger partial charge in [-0.2, -0.15) is 0 Å². The number of urea groups is 1. The summed E-state index contributed by atoms with van der Waals surface area (Å²) in [6.07, 6.45) is 1.98. The molecule has 1 fully saturated rings. The number of amides is 3. The Bertz CT molecular complexity index is 951. The van der Waals surface area contributed by atoms with Gasteiger partial charge in [0.1, 0.15) is 0 Å². The van der Waals surface area contributed by atoms with Gasteiger partial charge in [0.25, 0.3) is 0 Å². The molecule has 3 rings (SSSR count). The van der Waals surface area contributed by atoms with E-state index in [1.807, 2.05) is 12.1 Å². The van der Waals surface area contributed by atoms with Gasteiger partial charge in [0.05, 0.1) is 21.3 Å². The van der Waals surface area contributed by atoms with E-state index in [4.69, 9.17) is 25.8 Å². The maximum atomic E-state index is 12.5. The molecule has 1 aliphatic heterocycles. The third kappa shape index (κ3) is 6.68. The summed E-state index contributed by atoms with van der Waals surface area (Å²) in [5.74, 6) is 1.82. The molecular formula is C24H30ClN3O5. The quantitative estimate of drug-likeness (QED) is 0.593.